The lowest BCUT2D eigenvalue weighted by Crippen LogP contribution is -2.16. The Morgan fingerprint density at radius 2 is 1.94 bits per heavy atom. The maximum Gasteiger partial charge on any atom is 0.269 e. The van der Waals surface area contributed by atoms with Gasteiger partial charge in [-0.1, -0.05) is 13.8 Å². The van der Waals surface area contributed by atoms with E-state index in [0.717, 1.165) is 16.4 Å². The SMILES string of the molecule is CC(C)(CS)CSc1ccc([N+](=O)[O-])cc1. The first-order valence-electron chi connectivity index (χ1n) is 4.93. The van der Waals surface area contributed by atoms with Gasteiger partial charge in [-0.15, -0.1) is 11.8 Å². The summed E-state index contributed by atoms with van der Waals surface area (Å²) in [7, 11) is 0. The van der Waals surface area contributed by atoms with Crippen LogP contribution in [0.4, 0.5) is 5.69 Å². The van der Waals surface area contributed by atoms with Gasteiger partial charge in [0.1, 0.15) is 0 Å². The molecule has 0 bridgehead atoms. The molecule has 0 radical (unpaired) electrons. The average Bonchev–Trinajstić information content (AvgIpc) is 2.27. The molecule has 0 spiro atoms. The van der Waals surface area contributed by atoms with E-state index in [1.165, 1.54) is 12.1 Å². The number of non-ortho nitro benzene ring substituents is 1. The number of thioether (sulfide) groups is 1. The van der Waals surface area contributed by atoms with Gasteiger partial charge in [0.15, 0.2) is 0 Å². The number of hydrogen-bond acceptors (Lipinski definition) is 4. The Hall–Kier alpha value is -0.680. The maximum absolute atomic E-state index is 10.5. The summed E-state index contributed by atoms with van der Waals surface area (Å²) in [4.78, 5) is 11.1. The molecular weight excluding hydrogens is 242 g/mol. The van der Waals surface area contributed by atoms with E-state index in [1.54, 1.807) is 23.9 Å². The molecule has 0 saturated heterocycles. The highest BCUT2D eigenvalue weighted by molar-refractivity contribution is 7.99. The molecule has 0 aliphatic carbocycles. The third-order valence-corrected chi connectivity index (χ3v) is 4.49. The molecule has 3 nitrogen and oxygen atoms in total. The maximum atomic E-state index is 10.5. The summed E-state index contributed by atoms with van der Waals surface area (Å²) in [5.74, 6) is 1.78. The van der Waals surface area contributed by atoms with E-state index >= 15 is 0 Å². The molecular formula is C11H15NO2S2. The molecule has 0 amide bonds. The van der Waals surface area contributed by atoms with Gasteiger partial charge < -0.3 is 0 Å². The van der Waals surface area contributed by atoms with Crippen molar-refractivity contribution in [1.82, 2.24) is 0 Å². The number of nitro groups is 1. The fraction of sp³-hybridized carbons (Fsp3) is 0.455. The van der Waals surface area contributed by atoms with Gasteiger partial charge >= 0.3 is 0 Å². The number of rotatable bonds is 5. The van der Waals surface area contributed by atoms with Crippen LogP contribution < -0.4 is 0 Å². The summed E-state index contributed by atoms with van der Waals surface area (Å²) >= 11 is 5.99. The van der Waals surface area contributed by atoms with Crippen LogP contribution in [0.3, 0.4) is 0 Å². The standard InChI is InChI=1S/C11H15NO2S2/c1-11(2,7-15)8-16-10-5-3-9(4-6-10)12(13)14/h3-6,15H,7-8H2,1-2H3. The zero-order valence-corrected chi connectivity index (χ0v) is 11.1. The largest absolute Gasteiger partial charge is 0.269 e. The van der Waals surface area contributed by atoms with E-state index in [4.69, 9.17) is 0 Å². The van der Waals surface area contributed by atoms with Gasteiger partial charge in [0.25, 0.3) is 5.69 Å². The fourth-order valence-electron chi connectivity index (χ4n) is 0.988. The van der Waals surface area contributed by atoms with Crippen LogP contribution in [0.2, 0.25) is 0 Å². The third kappa shape index (κ3) is 4.06. The van der Waals surface area contributed by atoms with E-state index < -0.39 is 0 Å². The molecule has 0 aliphatic rings. The van der Waals surface area contributed by atoms with Crippen molar-refractivity contribution in [2.75, 3.05) is 11.5 Å². The smallest absolute Gasteiger partial charge is 0.258 e. The van der Waals surface area contributed by atoms with Gasteiger partial charge in [0, 0.05) is 22.8 Å². The van der Waals surface area contributed by atoms with Crippen LogP contribution in [0.5, 0.6) is 0 Å². The van der Waals surface area contributed by atoms with Crippen LogP contribution in [0.15, 0.2) is 29.2 Å². The monoisotopic (exact) mass is 257 g/mol. The van der Waals surface area contributed by atoms with Crippen LogP contribution in [-0.4, -0.2) is 16.4 Å². The molecule has 0 fully saturated rings. The first-order chi connectivity index (χ1) is 7.44. The van der Waals surface area contributed by atoms with Gasteiger partial charge in [-0.25, -0.2) is 0 Å². The van der Waals surface area contributed by atoms with E-state index in [0.29, 0.717) is 0 Å². The van der Waals surface area contributed by atoms with Crippen LogP contribution >= 0.6 is 24.4 Å². The lowest BCUT2D eigenvalue weighted by molar-refractivity contribution is -0.384. The van der Waals surface area contributed by atoms with E-state index in [9.17, 15) is 10.1 Å². The van der Waals surface area contributed by atoms with Crippen molar-refractivity contribution < 1.29 is 4.92 Å². The Morgan fingerprint density at radius 3 is 2.38 bits per heavy atom. The summed E-state index contributed by atoms with van der Waals surface area (Å²) < 4.78 is 0. The summed E-state index contributed by atoms with van der Waals surface area (Å²) in [6.45, 7) is 4.30. The molecule has 0 aromatic heterocycles. The highest BCUT2D eigenvalue weighted by Gasteiger charge is 2.16. The summed E-state index contributed by atoms with van der Waals surface area (Å²) in [5.41, 5.74) is 0.313. The number of benzene rings is 1. The lowest BCUT2D eigenvalue weighted by Gasteiger charge is -2.20. The molecule has 16 heavy (non-hydrogen) atoms. The Labute approximate surface area is 105 Å². The van der Waals surface area contributed by atoms with Gasteiger partial charge in [-0.3, -0.25) is 10.1 Å². The fourth-order valence-corrected chi connectivity index (χ4v) is 2.24. The van der Waals surface area contributed by atoms with Crippen molar-refractivity contribution in [3.05, 3.63) is 34.4 Å². The highest BCUT2D eigenvalue weighted by atomic mass is 32.2. The molecule has 0 heterocycles. The second-order valence-corrected chi connectivity index (χ2v) is 5.73. The normalized spacial score (nSPS) is 11.4. The van der Waals surface area contributed by atoms with Gasteiger partial charge in [0.2, 0.25) is 0 Å². The Kier molecular flexibility index (Phi) is 4.68. The molecule has 0 unspecified atom stereocenters. The van der Waals surface area contributed by atoms with Crippen LogP contribution in [-0.2, 0) is 0 Å². The summed E-state index contributed by atoms with van der Waals surface area (Å²) in [5, 5.41) is 10.5. The second kappa shape index (κ2) is 5.59. The molecule has 0 atom stereocenters. The number of nitro benzene ring substituents is 1. The molecule has 1 aromatic carbocycles. The van der Waals surface area contributed by atoms with Gasteiger partial charge in [-0.2, -0.15) is 12.6 Å². The van der Waals surface area contributed by atoms with Crippen molar-refractivity contribution in [2.45, 2.75) is 18.7 Å². The van der Waals surface area contributed by atoms with Crippen LogP contribution in [0.25, 0.3) is 0 Å². The molecule has 5 heteroatoms. The van der Waals surface area contributed by atoms with E-state index in [2.05, 4.69) is 26.5 Å². The quantitative estimate of drug-likeness (QED) is 0.379. The minimum Gasteiger partial charge on any atom is -0.258 e. The minimum atomic E-state index is -0.383. The zero-order valence-electron chi connectivity index (χ0n) is 9.34. The molecule has 1 aromatic rings. The van der Waals surface area contributed by atoms with Crippen molar-refractivity contribution in [2.24, 2.45) is 5.41 Å². The third-order valence-electron chi connectivity index (χ3n) is 2.11. The molecule has 0 aliphatic heterocycles. The summed E-state index contributed by atoms with van der Waals surface area (Å²) in [6, 6.07) is 6.65. The van der Waals surface area contributed by atoms with Crippen molar-refractivity contribution in [3.8, 4) is 0 Å². The van der Waals surface area contributed by atoms with Crippen LogP contribution in [0, 0.1) is 15.5 Å². The van der Waals surface area contributed by atoms with Crippen LogP contribution in [0.1, 0.15) is 13.8 Å². The van der Waals surface area contributed by atoms with Crippen molar-refractivity contribution in [1.29, 1.82) is 0 Å². The number of thiol groups is 1. The number of nitrogens with zero attached hydrogens (tertiary/aromatic N) is 1. The second-order valence-electron chi connectivity index (χ2n) is 4.36. The number of hydrogen-bond donors (Lipinski definition) is 1. The predicted molar refractivity (Wildman–Crippen MR) is 71.5 cm³/mol. The van der Waals surface area contributed by atoms with Gasteiger partial charge in [-0.05, 0) is 23.3 Å². The van der Waals surface area contributed by atoms with Crippen molar-refractivity contribution >= 4 is 30.1 Å². The van der Waals surface area contributed by atoms with Gasteiger partial charge in [0.05, 0.1) is 4.92 Å². The minimum absolute atomic E-state index is 0.137. The average molecular weight is 257 g/mol. The highest BCUT2D eigenvalue weighted by Crippen LogP contribution is 2.29. The first-order valence-corrected chi connectivity index (χ1v) is 6.54. The predicted octanol–water partition coefficient (Wildman–Crippen LogP) is 3.64. The first kappa shape index (κ1) is 13.4. The molecule has 0 saturated carbocycles. The summed E-state index contributed by atoms with van der Waals surface area (Å²) in [6.07, 6.45) is 0. The van der Waals surface area contributed by atoms with E-state index in [1.807, 2.05) is 0 Å². The lowest BCUT2D eigenvalue weighted by atomic mass is 10.0. The Morgan fingerprint density at radius 1 is 1.38 bits per heavy atom. The topological polar surface area (TPSA) is 43.1 Å². The molecule has 88 valence electrons. The molecule has 1 rings (SSSR count). The Balaban J connectivity index is 2.59. The van der Waals surface area contributed by atoms with Crippen molar-refractivity contribution in [3.63, 3.8) is 0 Å². The Bertz CT molecular complexity index is 363. The van der Waals surface area contributed by atoms with E-state index in [-0.39, 0.29) is 16.0 Å². The zero-order chi connectivity index (χ0) is 12.2. The molecule has 0 N–H and O–H groups in total.